The number of carbonyl (C=O) groups is 2. The summed E-state index contributed by atoms with van der Waals surface area (Å²) in [6, 6.07) is 0. The van der Waals surface area contributed by atoms with Crippen LogP contribution in [-0.4, -0.2) is 42.4 Å². The van der Waals surface area contributed by atoms with E-state index >= 15 is 0 Å². The van der Waals surface area contributed by atoms with E-state index in [-0.39, 0.29) is 28.8 Å². The summed E-state index contributed by atoms with van der Waals surface area (Å²) in [5.41, 5.74) is 2.00. The maximum atomic E-state index is 12.6. The molecule has 1 heterocycles. The Hall–Kier alpha value is -1.16. The number of nitrogens with zero attached hydrogens (tertiary/aromatic N) is 1. The van der Waals surface area contributed by atoms with Crippen molar-refractivity contribution in [3.05, 3.63) is 11.6 Å². The lowest BCUT2D eigenvalue weighted by atomic mass is 9.47. The van der Waals surface area contributed by atoms with Gasteiger partial charge in [0, 0.05) is 18.9 Å². The molecule has 5 aliphatic rings. The van der Waals surface area contributed by atoms with Crippen molar-refractivity contribution >= 4 is 11.8 Å². The summed E-state index contributed by atoms with van der Waals surface area (Å²) in [7, 11) is 0. The molecule has 4 aliphatic carbocycles. The number of rotatable bonds is 5. The smallest absolute Gasteiger partial charge is 0.307 e. The van der Waals surface area contributed by atoms with Gasteiger partial charge in [0.15, 0.2) is 0 Å². The zero-order valence-electron chi connectivity index (χ0n) is 22.1. The molecule has 0 bridgehead atoms. The third kappa shape index (κ3) is 4.20. The molecular weight excluding hydrogens is 422 g/mol. The fourth-order valence-corrected chi connectivity index (χ4v) is 9.63. The lowest BCUT2D eigenvalue weighted by molar-refractivity contribution is -0.152. The predicted molar refractivity (Wildman–Crippen MR) is 135 cm³/mol. The molecule has 0 amide bonds. The number of ketones is 1. The van der Waals surface area contributed by atoms with Crippen molar-refractivity contribution in [1.29, 1.82) is 0 Å². The second-order valence-electron chi connectivity index (χ2n) is 13.1. The summed E-state index contributed by atoms with van der Waals surface area (Å²) < 4.78 is 6.01. The molecule has 4 nitrogen and oxygen atoms in total. The maximum Gasteiger partial charge on any atom is 0.307 e. The van der Waals surface area contributed by atoms with Crippen LogP contribution >= 0.6 is 0 Å². The van der Waals surface area contributed by atoms with Gasteiger partial charge in [-0.3, -0.25) is 9.59 Å². The Labute approximate surface area is 207 Å². The van der Waals surface area contributed by atoms with Gasteiger partial charge in [-0.25, -0.2) is 0 Å². The average Bonchev–Trinajstić information content (AvgIpc) is 3.08. The molecule has 4 fully saturated rings. The second-order valence-corrected chi connectivity index (χ2v) is 13.1. The van der Waals surface area contributed by atoms with E-state index in [2.05, 4.69) is 31.7 Å². The monoisotopic (exact) mass is 469 g/mol. The van der Waals surface area contributed by atoms with Crippen molar-refractivity contribution < 1.29 is 14.3 Å². The largest absolute Gasteiger partial charge is 0.462 e. The lowest BCUT2D eigenvalue weighted by Gasteiger charge is -2.58. The van der Waals surface area contributed by atoms with Gasteiger partial charge in [0.2, 0.25) is 0 Å². The Morgan fingerprint density at radius 3 is 2.59 bits per heavy atom. The van der Waals surface area contributed by atoms with Crippen LogP contribution in [0.2, 0.25) is 0 Å². The molecule has 0 unspecified atom stereocenters. The Morgan fingerprint density at radius 1 is 1.09 bits per heavy atom. The van der Waals surface area contributed by atoms with Crippen molar-refractivity contribution in [2.24, 2.45) is 40.4 Å². The Bertz CT molecular complexity index is 829. The second kappa shape index (κ2) is 9.37. The van der Waals surface area contributed by atoms with E-state index in [1.807, 2.05) is 6.92 Å². The first-order valence-electron chi connectivity index (χ1n) is 14.3. The molecule has 0 aromatic carbocycles. The van der Waals surface area contributed by atoms with Gasteiger partial charge in [-0.1, -0.05) is 38.8 Å². The van der Waals surface area contributed by atoms with Crippen LogP contribution < -0.4 is 0 Å². The summed E-state index contributed by atoms with van der Waals surface area (Å²) in [6.45, 7) is 12.2. The number of piperidine rings is 1. The SMILES string of the molecule is CC(=O)[C@@H]1[C@H](C)C[C@@H]2[C@@H]3CC=C4C[C@H](OC(=O)CCN5CCCCC5)CC[C@]4(C)[C@H]3CC[C@@]21C. The van der Waals surface area contributed by atoms with E-state index in [0.717, 1.165) is 51.2 Å². The Morgan fingerprint density at radius 2 is 1.85 bits per heavy atom. The molecule has 5 rings (SSSR count). The standard InChI is InChI=1S/C30H47NO3/c1-20-18-26-24-9-8-22-19-23(34-27(33)12-17-31-15-6-5-7-16-31)10-13-29(22,3)25(24)11-14-30(26,4)28(20)21(2)32/h8,20,23-26,28H,5-7,9-19H2,1-4H3/t20-,23-,24-,25+,26-,28+,29+,30+/m1/s1. The molecule has 0 aromatic heterocycles. The molecule has 0 aromatic rings. The lowest BCUT2D eigenvalue weighted by Crippen LogP contribution is -2.51. The highest BCUT2D eigenvalue weighted by Crippen LogP contribution is 2.67. The third-order valence-electron chi connectivity index (χ3n) is 11.2. The number of carbonyl (C=O) groups excluding carboxylic acids is 2. The number of hydrogen-bond acceptors (Lipinski definition) is 4. The summed E-state index contributed by atoms with van der Waals surface area (Å²) in [5.74, 6) is 3.28. The Balaban J connectivity index is 1.22. The first-order valence-corrected chi connectivity index (χ1v) is 14.3. The highest BCUT2D eigenvalue weighted by molar-refractivity contribution is 5.80. The molecule has 34 heavy (non-hydrogen) atoms. The number of fused-ring (bicyclic) bond motifs is 5. The molecule has 1 saturated heterocycles. The molecule has 0 N–H and O–H groups in total. The topological polar surface area (TPSA) is 46.6 Å². The highest BCUT2D eigenvalue weighted by atomic mass is 16.5. The van der Waals surface area contributed by atoms with Crippen LogP contribution in [0.4, 0.5) is 0 Å². The molecular formula is C30H47NO3. The van der Waals surface area contributed by atoms with E-state index in [9.17, 15) is 9.59 Å². The first-order chi connectivity index (χ1) is 16.2. The van der Waals surface area contributed by atoms with Gasteiger partial charge < -0.3 is 9.64 Å². The maximum absolute atomic E-state index is 12.6. The van der Waals surface area contributed by atoms with Gasteiger partial charge in [0.25, 0.3) is 0 Å². The summed E-state index contributed by atoms with van der Waals surface area (Å²) in [5, 5.41) is 0. The van der Waals surface area contributed by atoms with Crippen LogP contribution in [-0.2, 0) is 14.3 Å². The Kier molecular flexibility index (Phi) is 6.76. The first kappa shape index (κ1) is 24.5. The van der Waals surface area contributed by atoms with Crippen molar-refractivity contribution in [2.45, 2.75) is 104 Å². The zero-order chi connectivity index (χ0) is 24.1. The molecule has 0 spiro atoms. The number of Topliss-reactive ketones (excluding diaryl/α,β-unsaturated/α-hetero) is 1. The fraction of sp³-hybridized carbons (Fsp3) is 0.867. The van der Waals surface area contributed by atoms with Crippen molar-refractivity contribution in [1.82, 2.24) is 4.90 Å². The van der Waals surface area contributed by atoms with Crippen LogP contribution in [0, 0.1) is 40.4 Å². The minimum Gasteiger partial charge on any atom is -0.462 e. The van der Waals surface area contributed by atoms with Crippen LogP contribution in [0.25, 0.3) is 0 Å². The van der Waals surface area contributed by atoms with Gasteiger partial charge >= 0.3 is 5.97 Å². The van der Waals surface area contributed by atoms with Gasteiger partial charge in [0.1, 0.15) is 11.9 Å². The molecule has 190 valence electrons. The number of hydrogen-bond donors (Lipinski definition) is 0. The number of esters is 1. The fourth-order valence-electron chi connectivity index (χ4n) is 9.63. The van der Waals surface area contributed by atoms with Gasteiger partial charge in [-0.15, -0.1) is 0 Å². The van der Waals surface area contributed by atoms with Crippen molar-refractivity contribution in [2.75, 3.05) is 19.6 Å². The minimum atomic E-state index is -0.00267. The van der Waals surface area contributed by atoms with E-state index in [4.69, 9.17) is 4.74 Å². The molecule has 3 saturated carbocycles. The number of allylic oxidation sites excluding steroid dienone is 1. The molecule has 0 radical (unpaired) electrons. The zero-order valence-corrected chi connectivity index (χ0v) is 22.1. The number of ether oxygens (including phenoxy) is 1. The van der Waals surface area contributed by atoms with Gasteiger partial charge in [-0.2, -0.15) is 0 Å². The van der Waals surface area contributed by atoms with E-state index in [1.54, 1.807) is 5.57 Å². The highest BCUT2D eigenvalue weighted by Gasteiger charge is 2.61. The van der Waals surface area contributed by atoms with Crippen molar-refractivity contribution in [3.8, 4) is 0 Å². The summed E-state index contributed by atoms with van der Waals surface area (Å²) >= 11 is 0. The normalized spacial score (nSPS) is 44.4. The quantitative estimate of drug-likeness (QED) is 0.356. The minimum absolute atomic E-state index is 0.00267. The molecule has 8 atom stereocenters. The molecule has 1 aliphatic heterocycles. The van der Waals surface area contributed by atoms with E-state index in [1.165, 1.54) is 38.5 Å². The summed E-state index contributed by atoms with van der Waals surface area (Å²) in [6.07, 6.45) is 14.9. The van der Waals surface area contributed by atoms with Crippen molar-refractivity contribution in [3.63, 3.8) is 0 Å². The number of likely N-dealkylation sites (tertiary alicyclic amines) is 1. The van der Waals surface area contributed by atoms with Crippen LogP contribution in [0.5, 0.6) is 0 Å². The molecule has 4 heteroatoms. The van der Waals surface area contributed by atoms with Gasteiger partial charge in [-0.05, 0) is 106 Å². The van der Waals surface area contributed by atoms with Crippen LogP contribution in [0.15, 0.2) is 11.6 Å². The predicted octanol–water partition coefficient (Wildman–Crippen LogP) is 6.19. The average molecular weight is 470 g/mol. The third-order valence-corrected chi connectivity index (χ3v) is 11.2. The van der Waals surface area contributed by atoms with E-state index < -0.39 is 0 Å². The van der Waals surface area contributed by atoms with Crippen LogP contribution in [0.3, 0.4) is 0 Å². The van der Waals surface area contributed by atoms with Crippen LogP contribution in [0.1, 0.15) is 98.3 Å². The van der Waals surface area contributed by atoms with E-state index in [0.29, 0.717) is 30.0 Å². The van der Waals surface area contributed by atoms with Gasteiger partial charge in [0.05, 0.1) is 6.42 Å². The summed E-state index contributed by atoms with van der Waals surface area (Å²) in [4.78, 5) is 27.6.